The molecule has 1 spiro atoms. The van der Waals surface area contributed by atoms with E-state index in [1.54, 1.807) is 0 Å². The lowest BCUT2D eigenvalue weighted by Crippen LogP contribution is -2.40. The van der Waals surface area contributed by atoms with Gasteiger partial charge in [0.25, 0.3) is 5.91 Å². The number of aromatic nitrogens is 2. The van der Waals surface area contributed by atoms with Gasteiger partial charge in [-0.1, -0.05) is 0 Å². The molecule has 1 unspecified atom stereocenters. The van der Waals surface area contributed by atoms with Crippen molar-refractivity contribution in [3.05, 3.63) is 23.8 Å². The van der Waals surface area contributed by atoms with E-state index in [0.29, 0.717) is 6.10 Å². The number of carboxylic acids is 1. The number of carboxylic acid groups (broad SMARTS) is 1. The molecule has 0 aromatic carbocycles. The average Bonchev–Trinajstić information content (AvgIpc) is 3.12. The number of carbonyl (C=O) groups excluding carboxylic acids is 1. The zero-order valence-corrected chi connectivity index (χ0v) is 11.7. The summed E-state index contributed by atoms with van der Waals surface area (Å²) in [6, 6.07) is 0.169. The van der Waals surface area contributed by atoms with Crippen LogP contribution in [0.2, 0.25) is 0 Å². The molecule has 2 fully saturated rings. The number of carbonyl (C=O) groups is 2. The average molecular weight is 291 g/mol. The fraction of sp³-hybridized carbons (Fsp3) is 0.571. The van der Waals surface area contributed by atoms with Crippen LogP contribution >= 0.6 is 0 Å². The molecule has 1 heterocycles. The van der Waals surface area contributed by atoms with E-state index < -0.39 is 5.97 Å². The van der Waals surface area contributed by atoms with Crippen LogP contribution in [0.15, 0.2) is 12.4 Å². The molecular weight excluding hydrogens is 274 g/mol. The Kier molecular flexibility index (Phi) is 3.36. The molecule has 21 heavy (non-hydrogen) atoms. The molecule has 0 aliphatic heterocycles. The topological polar surface area (TPSA) is 101 Å². The molecule has 7 nitrogen and oxygen atoms in total. The highest BCUT2D eigenvalue weighted by molar-refractivity contribution is 5.93. The first kappa shape index (κ1) is 13.9. The van der Waals surface area contributed by atoms with Crippen molar-refractivity contribution in [3.63, 3.8) is 0 Å². The molecule has 2 aliphatic carbocycles. The zero-order chi connectivity index (χ0) is 15.0. The quantitative estimate of drug-likeness (QED) is 0.834. The molecule has 2 saturated carbocycles. The predicted molar refractivity (Wildman–Crippen MR) is 71.9 cm³/mol. The number of hydrogen-bond acceptors (Lipinski definition) is 5. The first-order valence-electron chi connectivity index (χ1n) is 7.02. The fourth-order valence-electron chi connectivity index (χ4n) is 2.99. The third kappa shape index (κ3) is 2.61. The van der Waals surface area contributed by atoms with E-state index in [9.17, 15) is 9.59 Å². The summed E-state index contributed by atoms with van der Waals surface area (Å²) in [4.78, 5) is 30.2. The molecule has 1 aromatic rings. The van der Waals surface area contributed by atoms with Crippen molar-refractivity contribution in [2.24, 2.45) is 5.41 Å². The van der Waals surface area contributed by atoms with Crippen LogP contribution in [-0.2, 0) is 4.74 Å². The summed E-state index contributed by atoms with van der Waals surface area (Å²) in [6.45, 7) is 2.71. The first-order valence-corrected chi connectivity index (χ1v) is 7.02. The van der Waals surface area contributed by atoms with Crippen molar-refractivity contribution in [2.75, 3.05) is 6.61 Å². The standard InChI is InChI=1S/C14H17N3O4/c1-2-21-8-3-14(4-8)5-11(14)17-12(18)9-6-16-10(7-15-9)13(19)20/h6-8,11H,2-5H2,1H3,(H,17,18)(H,19,20). The largest absolute Gasteiger partial charge is 0.476 e. The summed E-state index contributed by atoms with van der Waals surface area (Å²) >= 11 is 0. The van der Waals surface area contributed by atoms with Gasteiger partial charge in [-0.2, -0.15) is 0 Å². The molecule has 2 N–H and O–H groups in total. The van der Waals surface area contributed by atoms with Crippen LogP contribution in [0.3, 0.4) is 0 Å². The summed E-state index contributed by atoms with van der Waals surface area (Å²) in [7, 11) is 0. The summed E-state index contributed by atoms with van der Waals surface area (Å²) in [5, 5.41) is 11.7. The molecular formula is C14H17N3O4. The second-order valence-corrected chi connectivity index (χ2v) is 5.67. The lowest BCUT2D eigenvalue weighted by atomic mass is 9.78. The molecule has 2 aliphatic rings. The Balaban J connectivity index is 1.53. The van der Waals surface area contributed by atoms with Crippen LogP contribution in [0.1, 0.15) is 47.2 Å². The molecule has 7 heteroatoms. The van der Waals surface area contributed by atoms with Gasteiger partial charge in [-0.3, -0.25) is 4.79 Å². The lowest BCUT2D eigenvalue weighted by molar-refractivity contribution is -0.0374. The smallest absolute Gasteiger partial charge is 0.356 e. The van der Waals surface area contributed by atoms with Gasteiger partial charge in [0.15, 0.2) is 5.69 Å². The molecule has 0 saturated heterocycles. The van der Waals surface area contributed by atoms with E-state index in [0.717, 1.165) is 32.1 Å². The van der Waals surface area contributed by atoms with Gasteiger partial charge < -0.3 is 15.2 Å². The van der Waals surface area contributed by atoms with Crippen LogP contribution in [-0.4, -0.2) is 45.7 Å². The van der Waals surface area contributed by atoms with Gasteiger partial charge in [0.05, 0.1) is 18.5 Å². The van der Waals surface area contributed by atoms with Gasteiger partial charge in [0.1, 0.15) is 5.69 Å². The number of amides is 1. The van der Waals surface area contributed by atoms with Gasteiger partial charge in [-0.25, -0.2) is 14.8 Å². The van der Waals surface area contributed by atoms with Crippen LogP contribution in [0.4, 0.5) is 0 Å². The maximum Gasteiger partial charge on any atom is 0.356 e. The summed E-state index contributed by atoms with van der Waals surface area (Å²) in [5.41, 5.74) is 0.180. The summed E-state index contributed by atoms with van der Waals surface area (Å²) in [5.74, 6) is -1.46. The van der Waals surface area contributed by atoms with Crippen LogP contribution in [0, 0.1) is 5.41 Å². The van der Waals surface area contributed by atoms with Gasteiger partial charge in [0.2, 0.25) is 0 Å². The van der Waals surface area contributed by atoms with Crippen molar-refractivity contribution in [1.29, 1.82) is 0 Å². The molecule has 0 radical (unpaired) electrons. The highest BCUT2D eigenvalue weighted by atomic mass is 16.5. The maximum atomic E-state index is 12.0. The van der Waals surface area contributed by atoms with Crippen molar-refractivity contribution >= 4 is 11.9 Å². The minimum atomic E-state index is -1.16. The minimum absolute atomic E-state index is 0.141. The van der Waals surface area contributed by atoms with Crippen molar-refractivity contribution < 1.29 is 19.4 Å². The SMILES string of the molecule is CCOC1CC2(C1)CC2NC(=O)c1cnc(C(=O)O)cn1. The van der Waals surface area contributed by atoms with E-state index in [2.05, 4.69) is 15.3 Å². The van der Waals surface area contributed by atoms with Crippen molar-refractivity contribution in [3.8, 4) is 0 Å². The maximum absolute atomic E-state index is 12.0. The second kappa shape index (κ2) is 5.07. The highest BCUT2D eigenvalue weighted by Crippen LogP contribution is 2.61. The Hall–Kier alpha value is -2.02. The number of ether oxygens (including phenoxy) is 1. The predicted octanol–water partition coefficient (Wildman–Crippen LogP) is 0.862. The Morgan fingerprint density at radius 1 is 1.33 bits per heavy atom. The molecule has 0 bridgehead atoms. The van der Waals surface area contributed by atoms with Gasteiger partial charge in [0, 0.05) is 12.6 Å². The van der Waals surface area contributed by atoms with E-state index in [1.807, 2.05) is 6.92 Å². The number of aromatic carboxylic acids is 1. The van der Waals surface area contributed by atoms with Gasteiger partial charge >= 0.3 is 5.97 Å². The molecule has 1 aromatic heterocycles. The molecule has 3 rings (SSSR count). The van der Waals surface area contributed by atoms with E-state index >= 15 is 0 Å². The lowest BCUT2D eigenvalue weighted by Gasteiger charge is -2.36. The Morgan fingerprint density at radius 2 is 2.00 bits per heavy atom. The minimum Gasteiger partial charge on any atom is -0.476 e. The van der Waals surface area contributed by atoms with Crippen LogP contribution in [0.5, 0.6) is 0 Å². The first-order chi connectivity index (χ1) is 10.0. The van der Waals surface area contributed by atoms with Crippen molar-refractivity contribution in [2.45, 2.75) is 38.3 Å². The Bertz CT molecular complexity index is 566. The fourth-order valence-corrected chi connectivity index (χ4v) is 2.99. The molecule has 1 amide bonds. The van der Waals surface area contributed by atoms with E-state index in [1.165, 1.54) is 6.20 Å². The van der Waals surface area contributed by atoms with Crippen LogP contribution in [0.25, 0.3) is 0 Å². The number of nitrogens with one attached hydrogen (secondary N) is 1. The summed E-state index contributed by atoms with van der Waals surface area (Å²) in [6.07, 6.45) is 5.58. The van der Waals surface area contributed by atoms with E-state index in [4.69, 9.17) is 9.84 Å². The van der Waals surface area contributed by atoms with Gasteiger partial charge in [-0.05, 0) is 31.6 Å². The third-order valence-electron chi connectivity index (χ3n) is 4.27. The molecule has 1 atom stereocenters. The summed E-state index contributed by atoms with van der Waals surface area (Å²) < 4.78 is 5.54. The highest BCUT2D eigenvalue weighted by Gasteiger charge is 2.62. The van der Waals surface area contributed by atoms with E-state index in [-0.39, 0.29) is 28.8 Å². The third-order valence-corrected chi connectivity index (χ3v) is 4.27. The van der Waals surface area contributed by atoms with Gasteiger partial charge in [-0.15, -0.1) is 0 Å². The monoisotopic (exact) mass is 291 g/mol. The Morgan fingerprint density at radius 3 is 2.57 bits per heavy atom. The van der Waals surface area contributed by atoms with Crippen molar-refractivity contribution in [1.82, 2.24) is 15.3 Å². The number of rotatable bonds is 5. The van der Waals surface area contributed by atoms with Crippen LogP contribution < -0.4 is 5.32 Å². The number of hydrogen-bond donors (Lipinski definition) is 2. The zero-order valence-electron chi connectivity index (χ0n) is 11.7. The Labute approximate surface area is 121 Å². The second-order valence-electron chi connectivity index (χ2n) is 5.67. The normalized spacial score (nSPS) is 29.8. The molecule has 112 valence electrons. The number of nitrogens with zero attached hydrogens (tertiary/aromatic N) is 2.